The second-order valence-corrected chi connectivity index (χ2v) is 4.84. The van der Waals surface area contributed by atoms with E-state index >= 15 is 0 Å². The molecule has 1 aromatic carbocycles. The summed E-state index contributed by atoms with van der Waals surface area (Å²) in [6.45, 7) is 3.23. The van der Waals surface area contributed by atoms with Crippen LogP contribution in [0.25, 0.3) is 16.8 Å². The van der Waals surface area contributed by atoms with Crippen molar-refractivity contribution in [2.24, 2.45) is 0 Å². The molecular formula is C15H12F3N3. The number of halogens is 3. The molecule has 0 radical (unpaired) electrons. The van der Waals surface area contributed by atoms with Gasteiger partial charge in [-0.2, -0.15) is 18.3 Å². The van der Waals surface area contributed by atoms with Gasteiger partial charge in [0.25, 0.3) is 0 Å². The molecule has 0 bridgehead atoms. The molecular weight excluding hydrogens is 279 g/mol. The lowest BCUT2D eigenvalue weighted by atomic mass is 10.1. The number of nitrogens with zero attached hydrogens (tertiary/aromatic N) is 3. The molecule has 108 valence electrons. The van der Waals surface area contributed by atoms with Crippen molar-refractivity contribution in [1.29, 1.82) is 0 Å². The summed E-state index contributed by atoms with van der Waals surface area (Å²) in [5, 5.41) is 4.03. The third-order valence-corrected chi connectivity index (χ3v) is 3.24. The maximum absolute atomic E-state index is 13.2. The Morgan fingerprint density at radius 2 is 1.71 bits per heavy atom. The molecule has 2 aromatic heterocycles. The first-order chi connectivity index (χ1) is 9.88. The van der Waals surface area contributed by atoms with Crippen LogP contribution in [0, 0.1) is 13.8 Å². The highest BCUT2D eigenvalue weighted by Crippen LogP contribution is 2.33. The van der Waals surface area contributed by atoms with Crippen LogP contribution in [0.4, 0.5) is 13.2 Å². The Bertz CT molecular complexity index is 804. The minimum absolute atomic E-state index is 0.228. The van der Waals surface area contributed by atoms with Crippen molar-refractivity contribution in [1.82, 2.24) is 14.6 Å². The second kappa shape index (κ2) is 4.58. The Balaban J connectivity index is 2.39. The molecule has 0 atom stereocenters. The Labute approximate surface area is 119 Å². The van der Waals surface area contributed by atoms with E-state index < -0.39 is 11.9 Å². The number of benzene rings is 1. The van der Waals surface area contributed by atoms with E-state index in [0.29, 0.717) is 17.0 Å². The normalized spacial score (nSPS) is 12.0. The monoisotopic (exact) mass is 291 g/mol. The number of aryl methyl sites for hydroxylation is 2. The van der Waals surface area contributed by atoms with E-state index in [1.807, 2.05) is 30.3 Å². The van der Waals surface area contributed by atoms with Crippen LogP contribution in [0.1, 0.15) is 17.1 Å². The molecule has 0 aliphatic carbocycles. The first-order valence-corrected chi connectivity index (χ1v) is 6.37. The summed E-state index contributed by atoms with van der Waals surface area (Å²) in [6.07, 6.45) is -4.47. The zero-order valence-electron chi connectivity index (χ0n) is 11.4. The van der Waals surface area contributed by atoms with Crippen molar-refractivity contribution < 1.29 is 13.2 Å². The fourth-order valence-corrected chi connectivity index (χ4v) is 2.39. The van der Waals surface area contributed by atoms with Gasteiger partial charge in [0.05, 0.1) is 5.69 Å². The van der Waals surface area contributed by atoms with E-state index in [0.717, 1.165) is 16.1 Å². The highest BCUT2D eigenvalue weighted by molar-refractivity contribution is 5.80. The van der Waals surface area contributed by atoms with Crippen LogP contribution in [-0.2, 0) is 6.18 Å². The molecule has 0 spiro atoms. The lowest BCUT2D eigenvalue weighted by Crippen LogP contribution is -2.13. The lowest BCUT2D eigenvalue weighted by molar-refractivity contribution is -0.142. The molecule has 3 nitrogen and oxygen atoms in total. The molecule has 0 saturated heterocycles. The molecule has 2 heterocycles. The van der Waals surface area contributed by atoms with E-state index in [1.165, 1.54) is 0 Å². The van der Waals surface area contributed by atoms with Crippen LogP contribution in [0.5, 0.6) is 0 Å². The quantitative estimate of drug-likeness (QED) is 0.677. The van der Waals surface area contributed by atoms with Gasteiger partial charge in [0.2, 0.25) is 0 Å². The molecule has 6 heteroatoms. The Morgan fingerprint density at radius 3 is 2.33 bits per heavy atom. The van der Waals surface area contributed by atoms with Crippen molar-refractivity contribution in [2.45, 2.75) is 20.0 Å². The van der Waals surface area contributed by atoms with Gasteiger partial charge in [-0.05, 0) is 25.5 Å². The van der Waals surface area contributed by atoms with Crippen molar-refractivity contribution in [3.8, 4) is 11.1 Å². The summed E-state index contributed by atoms with van der Waals surface area (Å²) >= 11 is 0. The summed E-state index contributed by atoms with van der Waals surface area (Å²) in [7, 11) is 0. The maximum Gasteiger partial charge on any atom is 0.433 e. The summed E-state index contributed by atoms with van der Waals surface area (Å²) in [4.78, 5) is 4.25. The van der Waals surface area contributed by atoms with Gasteiger partial charge in [-0.1, -0.05) is 30.3 Å². The van der Waals surface area contributed by atoms with E-state index in [4.69, 9.17) is 0 Å². The Hall–Kier alpha value is -2.37. The van der Waals surface area contributed by atoms with Gasteiger partial charge in [0.1, 0.15) is 5.69 Å². The number of alkyl halides is 3. The second-order valence-electron chi connectivity index (χ2n) is 4.84. The summed E-state index contributed by atoms with van der Waals surface area (Å²) in [5.74, 6) is 0. The maximum atomic E-state index is 13.2. The van der Waals surface area contributed by atoms with Crippen molar-refractivity contribution in [3.63, 3.8) is 0 Å². The van der Waals surface area contributed by atoms with Crippen molar-refractivity contribution >= 4 is 5.65 Å². The van der Waals surface area contributed by atoms with Gasteiger partial charge in [-0.15, -0.1) is 0 Å². The number of fused-ring (bicyclic) bond motifs is 1. The standard InChI is InChI=1S/C15H12F3N3/c1-9-8-12(15(16,17)18)21-14(19-9)13(10(2)20-21)11-6-4-3-5-7-11/h3-8H,1-2H3. The van der Waals surface area contributed by atoms with Gasteiger partial charge < -0.3 is 0 Å². The molecule has 0 aliphatic heterocycles. The molecule has 0 N–H and O–H groups in total. The molecule has 3 rings (SSSR count). The number of hydrogen-bond donors (Lipinski definition) is 0. The topological polar surface area (TPSA) is 30.2 Å². The van der Waals surface area contributed by atoms with E-state index in [2.05, 4.69) is 10.1 Å². The minimum Gasteiger partial charge on any atom is -0.233 e. The van der Waals surface area contributed by atoms with Gasteiger partial charge in [-0.25, -0.2) is 9.50 Å². The zero-order valence-corrected chi connectivity index (χ0v) is 11.4. The Kier molecular flexibility index (Phi) is 2.97. The fourth-order valence-electron chi connectivity index (χ4n) is 2.39. The summed E-state index contributed by atoms with van der Waals surface area (Å²) in [6, 6.07) is 10.2. The van der Waals surface area contributed by atoms with E-state index in [-0.39, 0.29) is 5.65 Å². The van der Waals surface area contributed by atoms with E-state index in [9.17, 15) is 13.2 Å². The van der Waals surface area contributed by atoms with Gasteiger partial charge in [0, 0.05) is 11.3 Å². The Morgan fingerprint density at radius 1 is 1.05 bits per heavy atom. The van der Waals surface area contributed by atoms with Crippen LogP contribution >= 0.6 is 0 Å². The molecule has 0 unspecified atom stereocenters. The zero-order chi connectivity index (χ0) is 15.2. The summed E-state index contributed by atoms with van der Waals surface area (Å²) < 4.78 is 40.3. The molecule has 21 heavy (non-hydrogen) atoms. The summed E-state index contributed by atoms with van der Waals surface area (Å²) in [5.41, 5.74) is 1.68. The molecule has 0 amide bonds. The SMILES string of the molecule is Cc1cc(C(F)(F)F)n2nc(C)c(-c3ccccc3)c2n1. The van der Waals surface area contributed by atoms with Crippen LogP contribution in [0.2, 0.25) is 0 Å². The van der Waals surface area contributed by atoms with Crippen molar-refractivity contribution in [2.75, 3.05) is 0 Å². The minimum atomic E-state index is -4.47. The molecule has 0 fully saturated rings. The number of rotatable bonds is 1. The number of hydrogen-bond acceptors (Lipinski definition) is 2. The van der Waals surface area contributed by atoms with Gasteiger partial charge in [0.15, 0.2) is 5.65 Å². The van der Waals surface area contributed by atoms with E-state index in [1.54, 1.807) is 13.8 Å². The average Bonchev–Trinajstić information content (AvgIpc) is 2.73. The molecule has 0 aliphatic rings. The highest BCUT2D eigenvalue weighted by Gasteiger charge is 2.35. The van der Waals surface area contributed by atoms with Crippen LogP contribution < -0.4 is 0 Å². The number of aromatic nitrogens is 3. The predicted octanol–water partition coefficient (Wildman–Crippen LogP) is 4.03. The predicted molar refractivity (Wildman–Crippen MR) is 72.9 cm³/mol. The first kappa shape index (κ1) is 13.6. The third kappa shape index (κ3) is 2.26. The first-order valence-electron chi connectivity index (χ1n) is 6.37. The smallest absolute Gasteiger partial charge is 0.233 e. The van der Waals surface area contributed by atoms with Gasteiger partial charge >= 0.3 is 6.18 Å². The highest BCUT2D eigenvalue weighted by atomic mass is 19.4. The molecule has 3 aromatic rings. The van der Waals surface area contributed by atoms with Crippen LogP contribution in [-0.4, -0.2) is 14.6 Å². The van der Waals surface area contributed by atoms with Crippen LogP contribution in [0.15, 0.2) is 36.4 Å². The van der Waals surface area contributed by atoms with Crippen molar-refractivity contribution in [3.05, 3.63) is 53.5 Å². The lowest BCUT2D eigenvalue weighted by Gasteiger charge is -2.09. The average molecular weight is 291 g/mol. The van der Waals surface area contributed by atoms with Crippen LogP contribution in [0.3, 0.4) is 0 Å². The third-order valence-electron chi connectivity index (χ3n) is 3.24. The largest absolute Gasteiger partial charge is 0.433 e. The van der Waals surface area contributed by atoms with Gasteiger partial charge in [-0.3, -0.25) is 0 Å². The fraction of sp³-hybridized carbons (Fsp3) is 0.200. The molecule has 0 saturated carbocycles.